The monoisotopic (exact) mass is 432 g/mol. The zero-order valence-electron chi connectivity index (χ0n) is 15.1. The van der Waals surface area contributed by atoms with Crippen molar-refractivity contribution in [3.63, 3.8) is 0 Å². The number of unbranched alkanes of at least 4 members (excludes halogenated alkanes) is 1. The zero-order chi connectivity index (χ0) is 17.5. The Morgan fingerprint density at radius 1 is 0.962 bits per heavy atom. The highest BCUT2D eigenvalue weighted by molar-refractivity contribution is 9.10. The number of rotatable bonds is 8. The van der Waals surface area contributed by atoms with E-state index in [1.54, 1.807) is 0 Å². The number of halogens is 2. The molecule has 1 atom stereocenters. The summed E-state index contributed by atoms with van der Waals surface area (Å²) in [6.07, 6.45) is 8.66. The lowest BCUT2D eigenvalue weighted by Gasteiger charge is -2.14. The van der Waals surface area contributed by atoms with E-state index in [9.17, 15) is 0 Å². The van der Waals surface area contributed by atoms with Crippen LogP contribution in [-0.2, 0) is 13.0 Å². The third-order valence-corrected chi connectivity index (χ3v) is 5.15. The molecule has 2 nitrogen and oxygen atoms in total. The van der Waals surface area contributed by atoms with E-state index in [-0.39, 0.29) is 12.4 Å². The van der Waals surface area contributed by atoms with Gasteiger partial charge in [-0.25, -0.2) is 0 Å². The Kier molecular flexibility index (Phi) is 8.56. The predicted octanol–water partition coefficient (Wildman–Crippen LogP) is 6.31. The van der Waals surface area contributed by atoms with Gasteiger partial charge in [0.1, 0.15) is 0 Å². The first-order chi connectivity index (χ1) is 12.2. The average molecular weight is 434 g/mol. The Bertz CT molecular complexity index is 805. The molecule has 0 aliphatic carbocycles. The molecule has 138 valence electrons. The summed E-state index contributed by atoms with van der Waals surface area (Å²) in [4.78, 5) is 4.17. The van der Waals surface area contributed by atoms with Crippen LogP contribution in [0.5, 0.6) is 0 Å². The summed E-state index contributed by atoms with van der Waals surface area (Å²) in [6, 6.07) is 17.9. The second-order valence-corrected chi connectivity index (χ2v) is 7.63. The van der Waals surface area contributed by atoms with E-state index in [1.807, 2.05) is 12.4 Å². The number of hydrogen-bond donors (Lipinski definition) is 1. The lowest BCUT2D eigenvalue weighted by Crippen LogP contribution is -2.25. The maximum absolute atomic E-state index is 4.17. The minimum Gasteiger partial charge on any atom is -0.310 e. The maximum atomic E-state index is 4.17. The van der Waals surface area contributed by atoms with Gasteiger partial charge in [-0.3, -0.25) is 4.98 Å². The minimum atomic E-state index is 0. The van der Waals surface area contributed by atoms with Gasteiger partial charge in [0.25, 0.3) is 0 Å². The van der Waals surface area contributed by atoms with Gasteiger partial charge in [0, 0.05) is 34.8 Å². The van der Waals surface area contributed by atoms with Crippen LogP contribution in [0, 0.1) is 0 Å². The molecule has 3 aromatic rings. The Morgan fingerprint density at radius 2 is 1.73 bits per heavy atom. The number of nitrogens with one attached hydrogen (secondary N) is 1. The predicted molar refractivity (Wildman–Crippen MR) is 117 cm³/mol. The normalized spacial score (nSPS) is 11.9. The number of nitrogens with zero attached hydrogens (tertiary/aromatic N) is 1. The average Bonchev–Trinajstić information content (AvgIpc) is 2.65. The Hall–Kier alpha value is -1.42. The number of fused-ring (bicyclic) bond motifs is 1. The van der Waals surface area contributed by atoms with Gasteiger partial charge in [0.15, 0.2) is 0 Å². The van der Waals surface area contributed by atoms with E-state index in [1.165, 1.54) is 47.6 Å². The molecular formula is C22H26BrClN2. The maximum Gasteiger partial charge on any atom is 0.0346 e. The van der Waals surface area contributed by atoms with Crippen molar-refractivity contribution in [1.82, 2.24) is 10.3 Å². The second kappa shape index (κ2) is 10.7. The number of aryl methyl sites for hydroxylation is 1. The molecule has 0 saturated carbocycles. The highest BCUT2D eigenvalue weighted by Crippen LogP contribution is 2.15. The summed E-state index contributed by atoms with van der Waals surface area (Å²) in [5.41, 5.74) is 2.76. The third-order valence-electron chi connectivity index (χ3n) is 4.63. The van der Waals surface area contributed by atoms with Crippen molar-refractivity contribution in [2.24, 2.45) is 0 Å². The van der Waals surface area contributed by atoms with E-state index in [0.29, 0.717) is 6.04 Å². The molecule has 0 saturated heterocycles. The lowest BCUT2D eigenvalue weighted by atomic mass is 10.0. The molecule has 0 spiro atoms. The highest BCUT2D eigenvalue weighted by atomic mass is 79.9. The number of pyridine rings is 1. The van der Waals surface area contributed by atoms with Crippen LogP contribution >= 0.6 is 28.3 Å². The summed E-state index contributed by atoms with van der Waals surface area (Å²) >= 11 is 3.48. The quantitative estimate of drug-likeness (QED) is 0.421. The fourth-order valence-electron chi connectivity index (χ4n) is 3.07. The minimum absolute atomic E-state index is 0. The molecule has 3 rings (SSSR count). The molecule has 0 fully saturated rings. The summed E-state index contributed by atoms with van der Waals surface area (Å²) in [6.45, 7) is 3.21. The Labute approximate surface area is 171 Å². The van der Waals surface area contributed by atoms with Gasteiger partial charge in [-0.05, 0) is 67.0 Å². The molecule has 0 bridgehead atoms. The van der Waals surface area contributed by atoms with Crippen molar-refractivity contribution in [2.45, 2.75) is 45.2 Å². The fourth-order valence-corrected chi connectivity index (χ4v) is 3.33. The molecule has 0 aliphatic rings. The van der Waals surface area contributed by atoms with Crippen molar-refractivity contribution in [3.8, 4) is 0 Å². The molecule has 1 heterocycles. The molecular weight excluding hydrogens is 408 g/mol. The van der Waals surface area contributed by atoms with Gasteiger partial charge in [-0.2, -0.15) is 0 Å². The lowest BCUT2D eigenvalue weighted by molar-refractivity contribution is 0.489. The van der Waals surface area contributed by atoms with Crippen molar-refractivity contribution in [3.05, 3.63) is 76.5 Å². The first-order valence-electron chi connectivity index (χ1n) is 9.01. The molecule has 2 aromatic carbocycles. The SMILES string of the molecule is C[C@H](CCCCc1ccc(Br)cc1)NCc1ccc2cnccc2c1.Cl. The van der Waals surface area contributed by atoms with Gasteiger partial charge in [-0.15, -0.1) is 12.4 Å². The Morgan fingerprint density at radius 3 is 2.54 bits per heavy atom. The smallest absolute Gasteiger partial charge is 0.0346 e. The standard InChI is InChI=1S/C22H25BrN2.ClH/c1-17(4-2-3-5-18-7-10-22(23)11-8-18)25-15-19-6-9-21-16-24-13-12-20(21)14-19;/h6-14,16-17,25H,2-5,15H2,1H3;1H/t17-;/m1./s1. The van der Waals surface area contributed by atoms with Crippen LogP contribution in [0.25, 0.3) is 10.8 Å². The molecule has 0 aliphatic heterocycles. The van der Waals surface area contributed by atoms with Crippen molar-refractivity contribution in [1.29, 1.82) is 0 Å². The van der Waals surface area contributed by atoms with Gasteiger partial charge >= 0.3 is 0 Å². The Balaban J connectivity index is 0.00000243. The van der Waals surface area contributed by atoms with Gasteiger partial charge in [-0.1, -0.05) is 46.6 Å². The molecule has 0 radical (unpaired) electrons. The molecule has 1 N–H and O–H groups in total. The fraction of sp³-hybridized carbons (Fsp3) is 0.318. The topological polar surface area (TPSA) is 24.9 Å². The highest BCUT2D eigenvalue weighted by Gasteiger charge is 2.03. The van der Waals surface area contributed by atoms with E-state index < -0.39 is 0 Å². The van der Waals surface area contributed by atoms with Crippen LogP contribution in [-0.4, -0.2) is 11.0 Å². The zero-order valence-corrected chi connectivity index (χ0v) is 17.5. The van der Waals surface area contributed by atoms with Gasteiger partial charge in [0.2, 0.25) is 0 Å². The first kappa shape index (κ1) is 20.9. The van der Waals surface area contributed by atoms with Crippen molar-refractivity contribution in [2.75, 3.05) is 0 Å². The van der Waals surface area contributed by atoms with E-state index in [2.05, 4.69) is 81.7 Å². The summed E-state index contributed by atoms with van der Waals surface area (Å²) in [5.74, 6) is 0. The summed E-state index contributed by atoms with van der Waals surface area (Å²) < 4.78 is 1.15. The largest absolute Gasteiger partial charge is 0.310 e. The van der Waals surface area contributed by atoms with Crippen LogP contribution in [0.2, 0.25) is 0 Å². The molecule has 0 amide bonds. The van der Waals surface area contributed by atoms with E-state index in [4.69, 9.17) is 0 Å². The van der Waals surface area contributed by atoms with E-state index in [0.717, 1.165) is 11.0 Å². The summed E-state index contributed by atoms with van der Waals surface area (Å²) in [5, 5.41) is 6.11. The van der Waals surface area contributed by atoms with Crippen LogP contribution in [0.1, 0.15) is 37.3 Å². The molecule has 1 aromatic heterocycles. The number of hydrogen-bond acceptors (Lipinski definition) is 2. The van der Waals surface area contributed by atoms with Crippen molar-refractivity contribution < 1.29 is 0 Å². The number of aromatic nitrogens is 1. The molecule has 0 unspecified atom stereocenters. The van der Waals surface area contributed by atoms with Gasteiger partial charge in [0.05, 0.1) is 0 Å². The van der Waals surface area contributed by atoms with Crippen LogP contribution in [0.4, 0.5) is 0 Å². The van der Waals surface area contributed by atoms with Crippen LogP contribution in [0.15, 0.2) is 65.4 Å². The van der Waals surface area contributed by atoms with Gasteiger partial charge < -0.3 is 5.32 Å². The van der Waals surface area contributed by atoms with Crippen molar-refractivity contribution >= 4 is 39.1 Å². The summed E-state index contributed by atoms with van der Waals surface area (Å²) in [7, 11) is 0. The van der Waals surface area contributed by atoms with Crippen LogP contribution in [0.3, 0.4) is 0 Å². The van der Waals surface area contributed by atoms with Crippen LogP contribution < -0.4 is 5.32 Å². The first-order valence-corrected chi connectivity index (χ1v) is 9.80. The van der Waals surface area contributed by atoms with E-state index >= 15 is 0 Å². The number of benzene rings is 2. The molecule has 4 heteroatoms. The molecule has 26 heavy (non-hydrogen) atoms. The third kappa shape index (κ3) is 6.39. The second-order valence-electron chi connectivity index (χ2n) is 6.71.